The monoisotopic (exact) mass is 425 g/mol. The van der Waals surface area contributed by atoms with Crippen molar-refractivity contribution in [2.45, 2.75) is 6.18 Å². The third kappa shape index (κ3) is 4.26. The van der Waals surface area contributed by atoms with Crippen molar-refractivity contribution in [2.24, 2.45) is 0 Å². The van der Waals surface area contributed by atoms with Gasteiger partial charge in [0.15, 0.2) is 11.5 Å². The average molecular weight is 425 g/mol. The molecule has 0 spiro atoms. The molecule has 3 aromatic carbocycles. The lowest BCUT2D eigenvalue weighted by molar-refractivity contribution is -0.137. The number of methoxy groups -OCH3 is 2. The third-order valence-electron chi connectivity index (χ3n) is 4.81. The molecule has 7 heteroatoms. The number of alkyl halides is 3. The minimum atomic E-state index is -4.37. The lowest BCUT2D eigenvalue weighted by Crippen LogP contribution is -2.03. The van der Waals surface area contributed by atoms with Gasteiger partial charge in [0.1, 0.15) is 11.5 Å². The Balaban J connectivity index is 1.67. The maximum atomic E-state index is 12.8. The first-order valence-corrected chi connectivity index (χ1v) is 9.35. The standard InChI is InChI=1S/C24H18F3NO3/c1-29-22-13-19-20(14-23(22)30-2)28-11-10-21(19)31-18-5-3-4-16(12-18)15-6-8-17(9-7-15)24(25,26)27/h3-14H,1-2H3. The van der Waals surface area contributed by atoms with E-state index in [1.54, 1.807) is 56.8 Å². The first-order valence-electron chi connectivity index (χ1n) is 9.35. The zero-order chi connectivity index (χ0) is 22.0. The second-order valence-electron chi connectivity index (χ2n) is 6.74. The molecule has 0 aliphatic carbocycles. The maximum Gasteiger partial charge on any atom is 0.416 e. The Hall–Kier alpha value is -3.74. The number of aromatic nitrogens is 1. The van der Waals surface area contributed by atoms with E-state index in [1.165, 1.54) is 12.1 Å². The van der Waals surface area contributed by atoms with Gasteiger partial charge in [-0.05, 0) is 47.5 Å². The number of pyridine rings is 1. The second kappa shape index (κ2) is 8.18. The summed E-state index contributed by atoms with van der Waals surface area (Å²) >= 11 is 0. The summed E-state index contributed by atoms with van der Waals surface area (Å²) in [6, 6.07) is 17.5. The topological polar surface area (TPSA) is 40.6 Å². The van der Waals surface area contributed by atoms with E-state index in [-0.39, 0.29) is 0 Å². The van der Waals surface area contributed by atoms with Crippen LogP contribution in [0.15, 0.2) is 72.9 Å². The normalized spacial score (nSPS) is 11.4. The lowest BCUT2D eigenvalue weighted by Gasteiger charge is -2.13. The van der Waals surface area contributed by atoms with Gasteiger partial charge in [-0.15, -0.1) is 0 Å². The molecule has 0 fully saturated rings. The highest BCUT2D eigenvalue weighted by Gasteiger charge is 2.29. The van der Waals surface area contributed by atoms with Crippen molar-refractivity contribution >= 4 is 10.9 Å². The number of nitrogens with zero attached hydrogens (tertiary/aromatic N) is 1. The fourth-order valence-corrected chi connectivity index (χ4v) is 3.25. The van der Waals surface area contributed by atoms with Crippen molar-refractivity contribution in [3.63, 3.8) is 0 Å². The quantitative estimate of drug-likeness (QED) is 0.355. The predicted octanol–water partition coefficient (Wildman–Crippen LogP) is 6.73. The molecule has 1 heterocycles. The molecule has 0 aliphatic rings. The Morgan fingerprint density at radius 3 is 2.13 bits per heavy atom. The van der Waals surface area contributed by atoms with Crippen LogP contribution in [0.5, 0.6) is 23.0 Å². The van der Waals surface area contributed by atoms with E-state index >= 15 is 0 Å². The van der Waals surface area contributed by atoms with Gasteiger partial charge in [0.25, 0.3) is 0 Å². The van der Waals surface area contributed by atoms with Crippen LogP contribution in [0, 0.1) is 0 Å². The third-order valence-corrected chi connectivity index (χ3v) is 4.81. The van der Waals surface area contributed by atoms with E-state index in [1.807, 2.05) is 6.07 Å². The molecule has 158 valence electrons. The highest BCUT2D eigenvalue weighted by Crippen LogP contribution is 2.37. The second-order valence-corrected chi connectivity index (χ2v) is 6.74. The van der Waals surface area contributed by atoms with Crippen LogP contribution in [0.25, 0.3) is 22.0 Å². The zero-order valence-electron chi connectivity index (χ0n) is 16.7. The van der Waals surface area contributed by atoms with Crippen LogP contribution in [0.3, 0.4) is 0 Å². The molecule has 4 rings (SSSR count). The van der Waals surface area contributed by atoms with Crippen LogP contribution < -0.4 is 14.2 Å². The fraction of sp³-hybridized carbons (Fsp3) is 0.125. The number of hydrogen-bond acceptors (Lipinski definition) is 4. The number of halogens is 3. The smallest absolute Gasteiger partial charge is 0.416 e. The summed E-state index contributed by atoms with van der Waals surface area (Å²) in [7, 11) is 3.10. The Kier molecular flexibility index (Phi) is 5.42. The van der Waals surface area contributed by atoms with Gasteiger partial charge in [0, 0.05) is 17.6 Å². The Labute approximate surface area is 176 Å². The van der Waals surface area contributed by atoms with Crippen molar-refractivity contribution in [1.29, 1.82) is 0 Å². The summed E-state index contributed by atoms with van der Waals surface area (Å²) in [5.74, 6) is 2.21. The summed E-state index contributed by atoms with van der Waals surface area (Å²) in [6.45, 7) is 0. The largest absolute Gasteiger partial charge is 0.493 e. The van der Waals surface area contributed by atoms with E-state index in [2.05, 4.69) is 4.98 Å². The van der Waals surface area contributed by atoms with Crippen LogP contribution in [0.1, 0.15) is 5.56 Å². The molecule has 0 aliphatic heterocycles. The SMILES string of the molecule is COc1cc2nccc(Oc3cccc(-c4ccc(C(F)(F)F)cc4)c3)c2cc1OC. The van der Waals surface area contributed by atoms with Crippen molar-refractivity contribution in [3.05, 3.63) is 78.5 Å². The molecular formula is C24H18F3NO3. The number of ether oxygens (including phenoxy) is 3. The van der Waals surface area contributed by atoms with E-state index in [0.29, 0.717) is 34.1 Å². The molecule has 1 aromatic heterocycles. The van der Waals surface area contributed by atoms with E-state index in [0.717, 1.165) is 23.1 Å². The van der Waals surface area contributed by atoms with E-state index in [9.17, 15) is 13.2 Å². The van der Waals surface area contributed by atoms with Gasteiger partial charge in [0.2, 0.25) is 0 Å². The first-order chi connectivity index (χ1) is 14.9. The molecule has 0 saturated carbocycles. The highest BCUT2D eigenvalue weighted by atomic mass is 19.4. The Bertz CT molecular complexity index is 1220. The van der Waals surface area contributed by atoms with Crippen molar-refractivity contribution < 1.29 is 27.4 Å². The first kappa shape index (κ1) is 20.5. The molecule has 0 N–H and O–H groups in total. The Morgan fingerprint density at radius 1 is 0.742 bits per heavy atom. The minimum absolute atomic E-state index is 0.541. The zero-order valence-corrected chi connectivity index (χ0v) is 16.7. The lowest BCUT2D eigenvalue weighted by atomic mass is 10.0. The van der Waals surface area contributed by atoms with Crippen LogP contribution >= 0.6 is 0 Å². The molecule has 0 amide bonds. The van der Waals surface area contributed by atoms with Crippen molar-refractivity contribution in [3.8, 4) is 34.1 Å². The van der Waals surface area contributed by atoms with Crippen molar-refractivity contribution in [1.82, 2.24) is 4.98 Å². The van der Waals surface area contributed by atoms with Gasteiger partial charge in [-0.1, -0.05) is 24.3 Å². The highest BCUT2D eigenvalue weighted by molar-refractivity contribution is 5.88. The summed E-state index contributed by atoms with van der Waals surface area (Å²) < 4.78 is 55.2. The molecule has 0 bridgehead atoms. The average Bonchev–Trinajstić information content (AvgIpc) is 2.78. The van der Waals surface area contributed by atoms with Crippen molar-refractivity contribution in [2.75, 3.05) is 14.2 Å². The summed E-state index contributed by atoms with van der Waals surface area (Å²) in [5, 5.41) is 0.736. The van der Waals surface area contributed by atoms with Crippen LogP contribution in [-0.4, -0.2) is 19.2 Å². The van der Waals surface area contributed by atoms with Gasteiger partial charge < -0.3 is 14.2 Å². The van der Waals surface area contributed by atoms with Gasteiger partial charge >= 0.3 is 6.18 Å². The summed E-state index contributed by atoms with van der Waals surface area (Å²) in [6.07, 6.45) is -2.74. The molecule has 0 saturated heterocycles. The Morgan fingerprint density at radius 2 is 1.45 bits per heavy atom. The van der Waals surface area contributed by atoms with Gasteiger partial charge in [0.05, 0.1) is 25.3 Å². The maximum absolute atomic E-state index is 12.8. The predicted molar refractivity (Wildman–Crippen MR) is 112 cm³/mol. The fourth-order valence-electron chi connectivity index (χ4n) is 3.25. The number of hydrogen-bond donors (Lipinski definition) is 0. The molecule has 0 atom stereocenters. The van der Waals surface area contributed by atoms with Crippen LogP contribution in [-0.2, 0) is 6.18 Å². The van der Waals surface area contributed by atoms with Gasteiger partial charge in [-0.3, -0.25) is 4.98 Å². The molecule has 0 unspecified atom stereocenters. The molecule has 0 radical (unpaired) electrons. The summed E-state index contributed by atoms with van der Waals surface area (Å²) in [4.78, 5) is 4.35. The van der Waals surface area contributed by atoms with E-state index < -0.39 is 11.7 Å². The van der Waals surface area contributed by atoms with Crippen LogP contribution in [0.2, 0.25) is 0 Å². The van der Waals surface area contributed by atoms with Crippen LogP contribution in [0.4, 0.5) is 13.2 Å². The number of fused-ring (bicyclic) bond motifs is 1. The summed E-state index contributed by atoms with van der Waals surface area (Å²) in [5.41, 5.74) is 1.39. The van der Waals surface area contributed by atoms with Gasteiger partial charge in [-0.2, -0.15) is 13.2 Å². The van der Waals surface area contributed by atoms with E-state index in [4.69, 9.17) is 14.2 Å². The molecule has 4 nitrogen and oxygen atoms in total. The minimum Gasteiger partial charge on any atom is -0.493 e. The number of rotatable bonds is 5. The molecule has 4 aromatic rings. The molecule has 31 heavy (non-hydrogen) atoms. The van der Waals surface area contributed by atoms with Gasteiger partial charge in [-0.25, -0.2) is 0 Å². The number of benzene rings is 3. The molecular weight excluding hydrogens is 407 g/mol.